The van der Waals surface area contributed by atoms with Gasteiger partial charge in [-0.15, -0.1) is 0 Å². The lowest BCUT2D eigenvalue weighted by molar-refractivity contribution is -0.0315. The molecule has 0 atom stereocenters. The Bertz CT molecular complexity index is 240. The third-order valence-electron chi connectivity index (χ3n) is 2.29. The lowest BCUT2D eigenvalue weighted by Crippen LogP contribution is -2.28. The number of rotatable bonds is 1. The second-order valence-electron chi connectivity index (χ2n) is 5.03. The Balaban J connectivity index is 2.29. The molecule has 86 valence electrons. The zero-order valence-electron chi connectivity index (χ0n) is 9.84. The van der Waals surface area contributed by atoms with Crippen LogP contribution in [0, 0.1) is 0 Å². The monoisotopic (exact) mass is 212 g/mol. The van der Waals surface area contributed by atoms with Crippen LogP contribution in [0.5, 0.6) is 0 Å². The Hall–Kier alpha value is -0.990. The van der Waals surface area contributed by atoms with Crippen LogP contribution in [-0.4, -0.2) is 17.9 Å². The summed E-state index contributed by atoms with van der Waals surface area (Å²) in [5.41, 5.74) is 0.772. The van der Waals surface area contributed by atoms with E-state index in [2.05, 4.69) is 6.58 Å². The molecule has 0 aromatic carbocycles. The standard InChI is InChI=1S/C12H20O3/c1-9-5-7-10(8-6-9)14-11(13)15-12(2,3)4/h10H,1,5-8H2,2-4H3. The van der Waals surface area contributed by atoms with Gasteiger partial charge < -0.3 is 9.47 Å². The number of allylic oxidation sites excluding steroid dienone is 1. The van der Waals surface area contributed by atoms with Gasteiger partial charge in [0.25, 0.3) is 0 Å². The summed E-state index contributed by atoms with van der Waals surface area (Å²) in [6.07, 6.45) is 3.10. The van der Waals surface area contributed by atoms with Gasteiger partial charge in [-0.3, -0.25) is 0 Å². The van der Waals surface area contributed by atoms with Crippen LogP contribution in [0.4, 0.5) is 4.79 Å². The molecule has 0 aliphatic heterocycles. The van der Waals surface area contributed by atoms with Crippen molar-refractivity contribution < 1.29 is 14.3 Å². The van der Waals surface area contributed by atoms with E-state index >= 15 is 0 Å². The largest absolute Gasteiger partial charge is 0.509 e. The highest BCUT2D eigenvalue weighted by Crippen LogP contribution is 2.24. The van der Waals surface area contributed by atoms with Gasteiger partial charge in [-0.1, -0.05) is 12.2 Å². The fourth-order valence-electron chi connectivity index (χ4n) is 1.53. The van der Waals surface area contributed by atoms with Gasteiger partial charge in [-0.2, -0.15) is 0 Å². The Morgan fingerprint density at radius 3 is 2.33 bits per heavy atom. The van der Waals surface area contributed by atoms with Crippen molar-refractivity contribution in [3.63, 3.8) is 0 Å². The van der Waals surface area contributed by atoms with Crippen LogP contribution in [0.1, 0.15) is 46.5 Å². The van der Waals surface area contributed by atoms with E-state index in [1.165, 1.54) is 5.57 Å². The summed E-state index contributed by atoms with van der Waals surface area (Å²) < 4.78 is 10.3. The first-order chi connectivity index (χ1) is 6.87. The molecule has 0 unspecified atom stereocenters. The minimum absolute atomic E-state index is 0.00495. The van der Waals surface area contributed by atoms with Crippen molar-refractivity contribution in [1.82, 2.24) is 0 Å². The van der Waals surface area contributed by atoms with E-state index < -0.39 is 11.8 Å². The van der Waals surface area contributed by atoms with Gasteiger partial charge in [-0.05, 0) is 46.5 Å². The van der Waals surface area contributed by atoms with Crippen molar-refractivity contribution >= 4 is 6.16 Å². The molecule has 0 spiro atoms. The second kappa shape index (κ2) is 4.69. The van der Waals surface area contributed by atoms with Gasteiger partial charge >= 0.3 is 6.16 Å². The van der Waals surface area contributed by atoms with Gasteiger partial charge in [0.05, 0.1) is 0 Å². The fourth-order valence-corrected chi connectivity index (χ4v) is 1.53. The number of carbonyl (C=O) groups is 1. The van der Waals surface area contributed by atoms with Crippen molar-refractivity contribution in [2.45, 2.75) is 58.2 Å². The highest BCUT2D eigenvalue weighted by atomic mass is 16.7. The Kier molecular flexibility index (Phi) is 3.77. The third-order valence-corrected chi connectivity index (χ3v) is 2.29. The highest BCUT2D eigenvalue weighted by molar-refractivity contribution is 5.60. The Labute approximate surface area is 91.4 Å². The van der Waals surface area contributed by atoms with Crippen LogP contribution >= 0.6 is 0 Å². The van der Waals surface area contributed by atoms with E-state index in [4.69, 9.17) is 9.47 Å². The Morgan fingerprint density at radius 2 is 1.87 bits per heavy atom. The van der Waals surface area contributed by atoms with Crippen LogP contribution in [0.25, 0.3) is 0 Å². The number of carbonyl (C=O) groups excluding carboxylic acids is 1. The number of hydrogen-bond donors (Lipinski definition) is 0. The molecule has 0 bridgehead atoms. The molecule has 1 aliphatic carbocycles. The molecule has 3 nitrogen and oxygen atoms in total. The van der Waals surface area contributed by atoms with Gasteiger partial charge in [0.15, 0.2) is 0 Å². The molecule has 1 fully saturated rings. The minimum Gasteiger partial charge on any atom is -0.431 e. The molecule has 0 N–H and O–H groups in total. The first-order valence-electron chi connectivity index (χ1n) is 5.43. The van der Waals surface area contributed by atoms with E-state index in [9.17, 15) is 4.79 Å². The summed E-state index contributed by atoms with van der Waals surface area (Å²) in [6.45, 7) is 9.41. The van der Waals surface area contributed by atoms with Crippen molar-refractivity contribution in [1.29, 1.82) is 0 Å². The minimum atomic E-state index is -0.556. The summed E-state index contributed by atoms with van der Waals surface area (Å²) in [4.78, 5) is 11.3. The normalized spacial score (nSPS) is 18.7. The van der Waals surface area contributed by atoms with Gasteiger partial charge in [0.2, 0.25) is 0 Å². The smallest absolute Gasteiger partial charge is 0.431 e. The summed E-state index contributed by atoms with van der Waals surface area (Å²) in [7, 11) is 0. The van der Waals surface area contributed by atoms with Crippen LogP contribution < -0.4 is 0 Å². The second-order valence-corrected chi connectivity index (χ2v) is 5.03. The maximum absolute atomic E-state index is 11.3. The lowest BCUT2D eigenvalue weighted by Gasteiger charge is -2.25. The van der Waals surface area contributed by atoms with Crippen LogP contribution in [-0.2, 0) is 9.47 Å². The first kappa shape index (κ1) is 12.1. The lowest BCUT2D eigenvalue weighted by atomic mass is 9.94. The summed E-state index contributed by atoms with van der Waals surface area (Å²) in [5.74, 6) is 0. The maximum atomic E-state index is 11.3. The summed E-state index contributed by atoms with van der Waals surface area (Å²) >= 11 is 0. The molecule has 3 heteroatoms. The van der Waals surface area contributed by atoms with E-state index in [0.29, 0.717) is 0 Å². The molecule has 1 aliphatic rings. The summed E-state index contributed by atoms with van der Waals surface area (Å²) in [5, 5.41) is 0. The molecule has 0 saturated heterocycles. The molecule has 1 saturated carbocycles. The quantitative estimate of drug-likeness (QED) is 0.493. The summed E-state index contributed by atoms with van der Waals surface area (Å²) in [6, 6.07) is 0. The molecular formula is C12H20O3. The maximum Gasteiger partial charge on any atom is 0.509 e. The molecule has 0 radical (unpaired) electrons. The Morgan fingerprint density at radius 1 is 1.33 bits per heavy atom. The number of hydrogen-bond acceptors (Lipinski definition) is 3. The number of ether oxygens (including phenoxy) is 2. The molecule has 1 rings (SSSR count). The van der Waals surface area contributed by atoms with E-state index in [1.807, 2.05) is 20.8 Å². The van der Waals surface area contributed by atoms with Crippen molar-refractivity contribution in [3.05, 3.63) is 12.2 Å². The molecule has 0 aromatic rings. The molecule has 0 heterocycles. The zero-order valence-corrected chi connectivity index (χ0v) is 9.84. The van der Waals surface area contributed by atoms with Gasteiger partial charge in [0, 0.05) is 0 Å². The van der Waals surface area contributed by atoms with E-state index in [0.717, 1.165) is 25.7 Å². The van der Waals surface area contributed by atoms with Crippen LogP contribution in [0.2, 0.25) is 0 Å². The topological polar surface area (TPSA) is 35.5 Å². The average molecular weight is 212 g/mol. The third kappa shape index (κ3) is 4.86. The van der Waals surface area contributed by atoms with Crippen molar-refractivity contribution in [2.75, 3.05) is 0 Å². The zero-order chi connectivity index (χ0) is 11.5. The van der Waals surface area contributed by atoms with Crippen LogP contribution in [0.3, 0.4) is 0 Å². The fraction of sp³-hybridized carbons (Fsp3) is 0.750. The van der Waals surface area contributed by atoms with E-state index in [-0.39, 0.29) is 6.10 Å². The highest BCUT2D eigenvalue weighted by Gasteiger charge is 2.23. The van der Waals surface area contributed by atoms with Crippen molar-refractivity contribution in [3.8, 4) is 0 Å². The predicted molar refractivity (Wildman–Crippen MR) is 58.7 cm³/mol. The molecule has 0 aromatic heterocycles. The van der Waals surface area contributed by atoms with Gasteiger partial charge in [0.1, 0.15) is 11.7 Å². The van der Waals surface area contributed by atoms with E-state index in [1.54, 1.807) is 0 Å². The van der Waals surface area contributed by atoms with Crippen molar-refractivity contribution in [2.24, 2.45) is 0 Å². The SMILES string of the molecule is C=C1CCC(OC(=O)OC(C)(C)C)CC1. The van der Waals surface area contributed by atoms with Crippen LogP contribution in [0.15, 0.2) is 12.2 Å². The predicted octanol–water partition coefficient (Wildman–Crippen LogP) is 3.44. The average Bonchev–Trinajstić information content (AvgIpc) is 2.05. The molecule has 0 amide bonds. The first-order valence-corrected chi connectivity index (χ1v) is 5.43. The molecular weight excluding hydrogens is 192 g/mol. The molecule has 15 heavy (non-hydrogen) atoms. The van der Waals surface area contributed by atoms with Gasteiger partial charge in [-0.25, -0.2) is 4.79 Å².